The highest BCUT2D eigenvalue weighted by molar-refractivity contribution is 6.00. The summed E-state index contributed by atoms with van der Waals surface area (Å²) in [6.07, 6.45) is -2.98. The van der Waals surface area contributed by atoms with E-state index in [1.54, 1.807) is 0 Å². The van der Waals surface area contributed by atoms with Crippen LogP contribution in [-0.2, 0) is 15.8 Å². The zero-order valence-corrected chi connectivity index (χ0v) is 12.1. The van der Waals surface area contributed by atoms with E-state index in [2.05, 4.69) is 9.99 Å². The van der Waals surface area contributed by atoms with Crippen LogP contribution in [0.2, 0.25) is 0 Å². The minimum atomic E-state index is -4.47. The Kier molecular flexibility index (Phi) is 5.52. The van der Waals surface area contributed by atoms with Gasteiger partial charge >= 0.3 is 6.18 Å². The van der Waals surface area contributed by atoms with E-state index in [0.29, 0.717) is 25.0 Å². The molecular formula is C15H21F3N2O2. The molecule has 0 unspecified atom stereocenters. The average molecular weight is 322 g/mol. The summed E-state index contributed by atoms with van der Waals surface area (Å²) in [4.78, 5) is 4.63. The van der Waals surface area contributed by atoms with Crippen molar-refractivity contribution < 1.29 is 28.2 Å². The van der Waals surface area contributed by atoms with Crippen LogP contribution in [-0.4, -0.2) is 32.5 Å². The van der Waals surface area contributed by atoms with Gasteiger partial charge in [-0.1, -0.05) is 17.3 Å². The molecule has 0 heterocycles. The Morgan fingerprint density at radius 1 is 1.27 bits per heavy atom. The smallest absolute Gasteiger partial charge is 0.394 e. The predicted octanol–water partition coefficient (Wildman–Crippen LogP) is 3.20. The summed E-state index contributed by atoms with van der Waals surface area (Å²) in [6, 6.07) is 4.18. The third-order valence-electron chi connectivity index (χ3n) is 2.82. The number of rotatable bonds is 9. The van der Waals surface area contributed by atoms with E-state index >= 15 is 0 Å². The van der Waals surface area contributed by atoms with Crippen molar-refractivity contribution in [3.63, 3.8) is 0 Å². The predicted molar refractivity (Wildman–Crippen MR) is 78.7 cm³/mol. The summed E-state index contributed by atoms with van der Waals surface area (Å²) in [5.41, 5.74) is 4.74. The number of halogens is 3. The summed E-state index contributed by atoms with van der Waals surface area (Å²) in [5, 5.41) is 3.62. The van der Waals surface area contributed by atoms with Crippen molar-refractivity contribution in [3.05, 3.63) is 35.4 Å². The number of alkyl halides is 3. The summed E-state index contributed by atoms with van der Waals surface area (Å²) in [6.45, 7) is -5.23. The van der Waals surface area contributed by atoms with Gasteiger partial charge in [-0.25, -0.2) is 0 Å². The van der Waals surface area contributed by atoms with E-state index in [4.69, 9.17) is 16.0 Å². The molecule has 0 saturated heterocycles. The van der Waals surface area contributed by atoms with Crippen LogP contribution in [0.15, 0.2) is 29.4 Å². The molecule has 0 aliphatic rings. The summed E-state index contributed by atoms with van der Waals surface area (Å²) >= 11 is 0. The molecule has 0 aliphatic carbocycles. The van der Waals surface area contributed by atoms with Gasteiger partial charge in [0.1, 0.15) is 6.56 Å². The maximum absolute atomic E-state index is 12.7. The number of ether oxygens (including phenoxy) is 1. The molecule has 0 radical (unpaired) electrons. The summed E-state index contributed by atoms with van der Waals surface area (Å²) in [7, 11) is 1.53. The Morgan fingerprint density at radius 2 is 1.95 bits per heavy atom. The molecule has 1 rings (SSSR count). The number of hydrogen-bond acceptors (Lipinski definition) is 4. The number of oxime groups is 1. The van der Waals surface area contributed by atoms with E-state index in [1.165, 1.54) is 19.2 Å². The molecular weight excluding hydrogens is 297 g/mol. The van der Waals surface area contributed by atoms with Crippen LogP contribution in [0.4, 0.5) is 13.2 Å². The molecule has 22 heavy (non-hydrogen) atoms. The molecule has 1 aromatic carbocycles. The van der Waals surface area contributed by atoms with Gasteiger partial charge in [-0.05, 0) is 37.0 Å². The van der Waals surface area contributed by atoms with Crippen molar-refractivity contribution in [2.24, 2.45) is 10.9 Å². The fraction of sp³-hybridized carbons (Fsp3) is 0.533. The normalized spacial score (nSPS) is 16.5. The van der Waals surface area contributed by atoms with Crippen molar-refractivity contribution in [1.82, 2.24) is 0 Å². The largest absolute Gasteiger partial charge is 0.416 e. The lowest BCUT2D eigenvalue weighted by molar-refractivity contribution is -0.137. The van der Waals surface area contributed by atoms with Crippen LogP contribution in [0.1, 0.15) is 35.9 Å². The Bertz CT molecular complexity index is 602. The maximum Gasteiger partial charge on any atom is 0.416 e. The Balaban J connectivity index is 3.03. The second-order valence-corrected chi connectivity index (χ2v) is 4.40. The second kappa shape index (κ2) is 9.42. The third-order valence-corrected chi connectivity index (χ3v) is 2.82. The molecule has 4 nitrogen and oxygen atoms in total. The van der Waals surface area contributed by atoms with E-state index < -0.39 is 24.8 Å². The highest BCUT2D eigenvalue weighted by atomic mass is 19.4. The van der Waals surface area contributed by atoms with Crippen LogP contribution in [0, 0.1) is 0 Å². The van der Waals surface area contributed by atoms with Gasteiger partial charge in [-0.2, -0.15) is 13.2 Å². The first-order valence-electron chi connectivity index (χ1n) is 8.59. The van der Waals surface area contributed by atoms with Gasteiger partial charge in [0, 0.05) is 23.0 Å². The molecule has 0 aromatic heterocycles. The molecule has 124 valence electrons. The molecule has 0 fully saturated rings. The van der Waals surface area contributed by atoms with Gasteiger partial charge in [-0.15, -0.1) is 0 Å². The first-order chi connectivity index (χ1) is 11.9. The lowest BCUT2D eigenvalue weighted by atomic mass is 10.0. The summed E-state index contributed by atoms with van der Waals surface area (Å²) < 4.78 is 72.3. The van der Waals surface area contributed by atoms with Crippen LogP contribution in [0.5, 0.6) is 0 Å². The monoisotopic (exact) mass is 322 g/mol. The molecule has 0 spiro atoms. The number of benzene rings is 1. The van der Waals surface area contributed by atoms with Gasteiger partial charge in [0.05, 0.1) is 14.0 Å². The van der Waals surface area contributed by atoms with E-state index in [0.717, 1.165) is 12.1 Å². The quantitative estimate of drug-likeness (QED) is 0.431. The molecule has 2 N–H and O–H groups in total. The molecule has 0 atom stereocenters. The highest BCUT2D eigenvalue weighted by Gasteiger charge is 2.30. The first kappa shape index (κ1) is 12.9. The molecule has 7 heteroatoms. The molecule has 0 aliphatic heterocycles. The number of unbranched alkanes of at least 4 members (excludes halogenated alkanes) is 1. The minimum absolute atomic E-state index is 0.183. The van der Waals surface area contributed by atoms with Crippen molar-refractivity contribution >= 4 is 5.71 Å². The average Bonchev–Trinajstić information content (AvgIpc) is 2.52. The third kappa shape index (κ3) is 6.44. The van der Waals surface area contributed by atoms with Crippen LogP contribution >= 0.6 is 0 Å². The van der Waals surface area contributed by atoms with Gasteiger partial charge in [0.2, 0.25) is 0 Å². The first-order valence-corrected chi connectivity index (χ1v) is 6.59. The lowest BCUT2D eigenvalue weighted by Crippen LogP contribution is -2.09. The van der Waals surface area contributed by atoms with Crippen molar-refractivity contribution in [2.75, 3.05) is 26.8 Å². The fourth-order valence-electron chi connectivity index (χ4n) is 1.74. The van der Waals surface area contributed by atoms with Gasteiger partial charge in [0.25, 0.3) is 0 Å². The molecule has 0 saturated carbocycles. The SMILES string of the molecule is [2H]C([2H])(N)C([2H])([2H])O/N=C(\CCCCOC)c1ccc(C(F)(F)F)cc1. The molecule has 0 amide bonds. The zero-order valence-electron chi connectivity index (χ0n) is 16.1. The van der Waals surface area contributed by atoms with Crippen molar-refractivity contribution in [3.8, 4) is 0 Å². The Labute approximate surface area is 133 Å². The standard InChI is InChI=1S/C15H21F3N2O2/c1-21-10-3-2-4-14(20-22-11-9-19)12-5-7-13(8-6-12)15(16,17)18/h5-8H,2-4,9-11,19H2,1H3/b20-14+/i9D2,11D2. The lowest BCUT2D eigenvalue weighted by Gasteiger charge is -2.10. The van der Waals surface area contributed by atoms with E-state index in [9.17, 15) is 13.2 Å². The Morgan fingerprint density at radius 3 is 2.50 bits per heavy atom. The molecule has 1 aromatic rings. The topological polar surface area (TPSA) is 56.8 Å². The fourth-order valence-corrected chi connectivity index (χ4v) is 1.74. The summed E-state index contributed by atoms with van der Waals surface area (Å²) in [5.74, 6) is 0. The van der Waals surface area contributed by atoms with Crippen LogP contribution < -0.4 is 5.73 Å². The maximum atomic E-state index is 12.7. The second-order valence-electron chi connectivity index (χ2n) is 4.40. The zero-order chi connectivity index (χ0) is 20.0. The van der Waals surface area contributed by atoms with Crippen LogP contribution in [0.3, 0.4) is 0 Å². The Hall–Kier alpha value is -1.60. The number of nitrogens with two attached hydrogens (primary N) is 1. The number of methoxy groups -OCH3 is 1. The van der Waals surface area contributed by atoms with Gasteiger partial charge in [-0.3, -0.25) is 0 Å². The van der Waals surface area contributed by atoms with Gasteiger partial charge < -0.3 is 15.3 Å². The minimum Gasteiger partial charge on any atom is -0.394 e. The molecule has 0 bridgehead atoms. The van der Waals surface area contributed by atoms with Crippen molar-refractivity contribution in [1.29, 1.82) is 0 Å². The van der Waals surface area contributed by atoms with Crippen molar-refractivity contribution in [2.45, 2.75) is 25.4 Å². The van der Waals surface area contributed by atoms with Gasteiger partial charge in [0.15, 0.2) is 0 Å². The number of hydrogen-bond donors (Lipinski definition) is 1. The number of nitrogens with zero attached hydrogens (tertiary/aromatic N) is 1. The highest BCUT2D eigenvalue weighted by Crippen LogP contribution is 2.29. The van der Waals surface area contributed by atoms with E-state index in [1.807, 2.05) is 0 Å². The van der Waals surface area contributed by atoms with E-state index in [-0.39, 0.29) is 12.1 Å². The van der Waals surface area contributed by atoms with Crippen LogP contribution in [0.25, 0.3) is 0 Å².